The Morgan fingerprint density at radius 3 is 2.67 bits per heavy atom. The van der Waals surface area contributed by atoms with E-state index in [1.54, 1.807) is 18.2 Å². The standard InChI is InChI=1S/C13H16Cl2O2S/c14-10-1-2-11(15)12(7-10)17-8-13(9-18)3-5-16-6-4-13/h1-2,7,18H,3-6,8-9H2. The molecule has 1 fully saturated rings. The van der Waals surface area contributed by atoms with Crippen LogP contribution in [0.3, 0.4) is 0 Å². The summed E-state index contributed by atoms with van der Waals surface area (Å²) in [6.07, 6.45) is 1.93. The molecule has 5 heteroatoms. The van der Waals surface area contributed by atoms with Crippen LogP contribution >= 0.6 is 35.8 Å². The highest BCUT2D eigenvalue weighted by atomic mass is 35.5. The van der Waals surface area contributed by atoms with Crippen molar-refractivity contribution in [3.05, 3.63) is 28.2 Å². The van der Waals surface area contributed by atoms with Crippen LogP contribution < -0.4 is 4.74 Å². The lowest BCUT2D eigenvalue weighted by Crippen LogP contribution is -2.36. The molecule has 1 aromatic rings. The second-order valence-corrected chi connectivity index (χ2v) is 5.79. The zero-order valence-electron chi connectivity index (χ0n) is 9.99. The van der Waals surface area contributed by atoms with Crippen LogP contribution in [0, 0.1) is 5.41 Å². The van der Waals surface area contributed by atoms with Crippen molar-refractivity contribution in [2.75, 3.05) is 25.6 Å². The van der Waals surface area contributed by atoms with E-state index < -0.39 is 0 Å². The van der Waals surface area contributed by atoms with Crippen LogP contribution in [-0.4, -0.2) is 25.6 Å². The highest BCUT2D eigenvalue weighted by Gasteiger charge is 2.32. The maximum absolute atomic E-state index is 6.08. The van der Waals surface area contributed by atoms with Gasteiger partial charge in [0.15, 0.2) is 0 Å². The van der Waals surface area contributed by atoms with E-state index >= 15 is 0 Å². The summed E-state index contributed by atoms with van der Waals surface area (Å²) in [5.41, 5.74) is 0.0764. The van der Waals surface area contributed by atoms with E-state index in [9.17, 15) is 0 Å². The summed E-state index contributed by atoms with van der Waals surface area (Å²) in [4.78, 5) is 0. The maximum Gasteiger partial charge on any atom is 0.139 e. The molecule has 18 heavy (non-hydrogen) atoms. The van der Waals surface area contributed by atoms with E-state index in [4.69, 9.17) is 32.7 Å². The third kappa shape index (κ3) is 3.47. The molecular weight excluding hydrogens is 291 g/mol. The highest BCUT2D eigenvalue weighted by molar-refractivity contribution is 7.80. The molecule has 0 aromatic heterocycles. The minimum absolute atomic E-state index is 0.0764. The summed E-state index contributed by atoms with van der Waals surface area (Å²) < 4.78 is 11.2. The maximum atomic E-state index is 6.08. The average Bonchev–Trinajstić information content (AvgIpc) is 2.41. The number of rotatable bonds is 4. The molecule has 1 heterocycles. The van der Waals surface area contributed by atoms with E-state index in [-0.39, 0.29) is 5.41 Å². The summed E-state index contributed by atoms with van der Waals surface area (Å²) in [7, 11) is 0. The summed E-state index contributed by atoms with van der Waals surface area (Å²) >= 11 is 16.5. The van der Waals surface area contributed by atoms with Gasteiger partial charge in [0.25, 0.3) is 0 Å². The number of thiol groups is 1. The van der Waals surface area contributed by atoms with Gasteiger partial charge in [-0.3, -0.25) is 0 Å². The zero-order chi connectivity index (χ0) is 13.0. The van der Waals surface area contributed by atoms with Gasteiger partial charge in [0.2, 0.25) is 0 Å². The van der Waals surface area contributed by atoms with E-state index in [0.29, 0.717) is 22.4 Å². The van der Waals surface area contributed by atoms with Crippen molar-refractivity contribution < 1.29 is 9.47 Å². The second-order valence-electron chi connectivity index (χ2n) is 4.63. The first kappa shape index (κ1) is 14.3. The number of ether oxygens (including phenoxy) is 2. The Balaban J connectivity index is 2.03. The van der Waals surface area contributed by atoms with Crippen molar-refractivity contribution in [1.29, 1.82) is 0 Å². The molecule has 2 nitrogen and oxygen atoms in total. The Morgan fingerprint density at radius 1 is 1.28 bits per heavy atom. The first-order valence-electron chi connectivity index (χ1n) is 5.92. The molecule has 0 saturated carbocycles. The summed E-state index contributed by atoms with van der Waals surface area (Å²) in [5, 5.41) is 1.21. The SMILES string of the molecule is SCC1(COc2cc(Cl)ccc2Cl)CCOCC1. The van der Waals surface area contributed by atoms with Crippen LogP contribution in [0.25, 0.3) is 0 Å². The molecule has 0 bridgehead atoms. The first-order valence-corrected chi connectivity index (χ1v) is 7.30. The summed E-state index contributed by atoms with van der Waals surface area (Å²) in [5.74, 6) is 1.42. The minimum Gasteiger partial charge on any atom is -0.491 e. The van der Waals surface area contributed by atoms with E-state index in [1.165, 1.54) is 0 Å². The fourth-order valence-electron chi connectivity index (χ4n) is 1.97. The molecule has 1 aliphatic heterocycles. The van der Waals surface area contributed by atoms with Gasteiger partial charge >= 0.3 is 0 Å². The van der Waals surface area contributed by atoms with Gasteiger partial charge in [-0.1, -0.05) is 23.2 Å². The fourth-order valence-corrected chi connectivity index (χ4v) is 2.71. The molecule has 0 aliphatic carbocycles. The van der Waals surface area contributed by atoms with Gasteiger partial charge in [-0.2, -0.15) is 12.6 Å². The molecule has 0 radical (unpaired) electrons. The molecule has 2 rings (SSSR count). The van der Waals surface area contributed by atoms with Gasteiger partial charge in [0.05, 0.1) is 11.6 Å². The lowest BCUT2D eigenvalue weighted by atomic mass is 9.83. The summed E-state index contributed by atoms with van der Waals surface area (Å²) in [6.45, 7) is 2.14. The monoisotopic (exact) mass is 306 g/mol. The molecule has 100 valence electrons. The van der Waals surface area contributed by atoms with Crippen LogP contribution in [0.4, 0.5) is 0 Å². The number of benzene rings is 1. The third-order valence-electron chi connectivity index (χ3n) is 3.32. The minimum atomic E-state index is 0.0764. The number of hydrogen-bond donors (Lipinski definition) is 1. The molecule has 0 spiro atoms. The Kier molecular flexibility index (Phi) is 5.07. The zero-order valence-corrected chi connectivity index (χ0v) is 12.4. The van der Waals surface area contributed by atoms with Gasteiger partial charge in [-0.05, 0) is 30.7 Å². The van der Waals surface area contributed by atoms with Crippen molar-refractivity contribution in [1.82, 2.24) is 0 Å². The first-order chi connectivity index (χ1) is 8.65. The third-order valence-corrected chi connectivity index (χ3v) is 4.53. The Bertz CT molecular complexity index is 406. The largest absolute Gasteiger partial charge is 0.491 e. The van der Waals surface area contributed by atoms with Crippen molar-refractivity contribution in [3.8, 4) is 5.75 Å². The second kappa shape index (κ2) is 6.38. The van der Waals surface area contributed by atoms with Gasteiger partial charge in [-0.15, -0.1) is 0 Å². The predicted molar refractivity (Wildman–Crippen MR) is 78.3 cm³/mol. The van der Waals surface area contributed by atoms with Crippen LogP contribution in [0.1, 0.15) is 12.8 Å². The normalized spacial score (nSPS) is 18.6. The van der Waals surface area contributed by atoms with Crippen molar-refractivity contribution in [2.24, 2.45) is 5.41 Å². The van der Waals surface area contributed by atoms with E-state index in [1.807, 2.05) is 0 Å². The van der Waals surface area contributed by atoms with E-state index in [2.05, 4.69) is 12.6 Å². The van der Waals surface area contributed by atoms with Crippen molar-refractivity contribution in [2.45, 2.75) is 12.8 Å². The van der Waals surface area contributed by atoms with Crippen LogP contribution in [0.15, 0.2) is 18.2 Å². The van der Waals surface area contributed by atoms with Gasteiger partial charge in [0.1, 0.15) is 5.75 Å². The lowest BCUT2D eigenvalue weighted by molar-refractivity contribution is 0.00313. The lowest BCUT2D eigenvalue weighted by Gasteiger charge is -2.35. The number of hydrogen-bond acceptors (Lipinski definition) is 3. The molecule has 1 aromatic carbocycles. The molecule has 0 amide bonds. The van der Waals surface area contributed by atoms with E-state index in [0.717, 1.165) is 31.8 Å². The van der Waals surface area contributed by atoms with Crippen LogP contribution in [-0.2, 0) is 4.74 Å². The van der Waals surface area contributed by atoms with Crippen LogP contribution in [0.2, 0.25) is 10.0 Å². The Morgan fingerprint density at radius 2 is 2.00 bits per heavy atom. The quantitative estimate of drug-likeness (QED) is 0.844. The fraction of sp³-hybridized carbons (Fsp3) is 0.538. The molecule has 1 saturated heterocycles. The molecular formula is C13H16Cl2O2S. The Hall–Kier alpha value is -0.0900. The smallest absolute Gasteiger partial charge is 0.139 e. The molecule has 0 unspecified atom stereocenters. The van der Waals surface area contributed by atoms with Gasteiger partial charge in [-0.25, -0.2) is 0 Å². The summed E-state index contributed by atoms with van der Waals surface area (Å²) in [6, 6.07) is 5.24. The topological polar surface area (TPSA) is 18.5 Å². The Labute approximate surface area is 123 Å². The number of halogens is 2. The van der Waals surface area contributed by atoms with Gasteiger partial charge < -0.3 is 9.47 Å². The average molecular weight is 307 g/mol. The van der Waals surface area contributed by atoms with Crippen molar-refractivity contribution >= 4 is 35.8 Å². The molecule has 1 aliphatic rings. The van der Waals surface area contributed by atoms with Crippen molar-refractivity contribution in [3.63, 3.8) is 0 Å². The molecule has 0 N–H and O–H groups in total. The van der Waals surface area contributed by atoms with Gasteiger partial charge in [0, 0.05) is 29.7 Å². The molecule has 0 atom stereocenters. The van der Waals surface area contributed by atoms with Crippen LogP contribution in [0.5, 0.6) is 5.75 Å². The predicted octanol–water partition coefficient (Wildman–Crippen LogP) is 4.10. The highest BCUT2D eigenvalue weighted by Crippen LogP contribution is 2.34.